The van der Waals surface area contributed by atoms with Crippen molar-refractivity contribution in [2.24, 2.45) is 11.3 Å². The molecule has 0 saturated heterocycles. The van der Waals surface area contributed by atoms with E-state index < -0.39 is 0 Å². The number of hydrogen-bond acceptors (Lipinski definition) is 0. The van der Waals surface area contributed by atoms with Crippen LogP contribution in [-0.2, 0) is 0 Å². The van der Waals surface area contributed by atoms with E-state index in [-0.39, 0.29) is 0 Å². The first-order valence-electron chi connectivity index (χ1n) is 4.19. The van der Waals surface area contributed by atoms with Crippen molar-refractivity contribution < 1.29 is 0 Å². The van der Waals surface area contributed by atoms with E-state index in [2.05, 4.69) is 41.5 Å². The first-order chi connectivity index (χ1) is 4.19. The third-order valence-electron chi connectivity index (χ3n) is 3.38. The molecule has 0 spiro atoms. The van der Waals surface area contributed by atoms with Crippen molar-refractivity contribution in [3.63, 3.8) is 0 Å². The van der Waals surface area contributed by atoms with Crippen LogP contribution in [-0.4, -0.2) is 24.4 Å². The van der Waals surface area contributed by atoms with Gasteiger partial charge in [0.05, 0.1) is 0 Å². The zero-order valence-electron chi connectivity index (χ0n) is 8.58. The van der Waals surface area contributed by atoms with Crippen LogP contribution in [0.3, 0.4) is 0 Å². The van der Waals surface area contributed by atoms with Gasteiger partial charge >= 0.3 is 80.4 Å². The standard InChI is InChI=1S/C9H19.In.2H/c1-7(2)8(3)9(4,5)6;;;/h7H,1-6H3;;;. The fourth-order valence-corrected chi connectivity index (χ4v) is 0.866. The van der Waals surface area contributed by atoms with Gasteiger partial charge in [-0.15, -0.1) is 0 Å². The Balaban J connectivity index is 4.40. The molecule has 0 N–H and O–H groups in total. The predicted octanol–water partition coefficient (Wildman–Crippen LogP) is 2.50. The van der Waals surface area contributed by atoms with Crippen LogP contribution in [0.5, 0.6) is 0 Å². The Morgan fingerprint density at radius 1 is 1.00 bits per heavy atom. The van der Waals surface area contributed by atoms with Gasteiger partial charge in [0.1, 0.15) is 0 Å². The van der Waals surface area contributed by atoms with Crippen LogP contribution in [0.15, 0.2) is 0 Å². The van der Waals surface area contributed by atoms with Gasteiger partial charge in [-0.3, -0.25) is 0 Å². The van der Waals surface area contributed by atoms with Crippen molar-refractivity contribution in [2.75, 3.05) is 0 Å². The summed E-state index contributed by atoms with van der Waals surface area (Å²) in [5.74, 6) is 0.850. The molecule has 0 aliphatic rings. The van der Waals surface area contributed by atoms with Gasteiger partial charge in [0.15, 0.2) is 0 Å². The van der Waals surface area contributed by atoms with Gasteiger partial charge in [-0.1, -0.05) is 0 Å². The Labute approximate surface area is 80.4 Å². The van der Waals surface area contributed by atoms with Gasteiger partial charge < -0.3 is 0 Å². The molecule has 1 atom stereocenters. The number of hydrogen-bond donors (Lipinski definition) is 0. The molecule has 0 fully saturated rings. The molecule has 0 radical (unpaired) electrons. The van der Waals surface area contributed by atoms with E-state index in [0.29, 0.717) is 8.59 Å². The summed E-state index contributed by atoms with van der Waals surface area (Å²) in [6, 6.07) is 0. The summed E-state index contributed by atoms with van der Waals surface area (Å²) in [4.78, 5) is 0. The quantitative estimate of drug-likeness (QED) is 0.664. The van der Waals surface area contributed by atoms with Crippen LogP contribution in [0.1, 0.15) is 41.5 Å². The predicted molar refractivity (Wildman–Crippen MR) is 51.2 cm³/mol. The summed E-state index contributed by atoms with van der Waals surface area (Å²) in [5, 5.41) is 0. The second kappa shape index (κ2) is 3.08. The minimum atomic E-state index is 0.511. The minimum absolute atomic E-state index is 0.511. The summed E-state index contributed by atoms with van der Waals surface area (Å²) in [7, 11) is 0. The van der Waals surface area contributed by atoms with E-state index in [0.717, 1.165) is 30.3 Å². The molecule has 0 bridgehead atoms. The van der Waals surface area contributed by atoms with E-state index in [4.69, 9.17) is 0 Å². The van der Waals surface area contributed by atoms with Crippen LogP contribution < -0.4 is 0 Å². The van der Waals surface area contributed by atoms with Crippen molar-refractivity contribution in [1.82, 2.24) is 0 Å². The molecule has 0 saturated carbocycles. The van der Waals surface area contributed by atoms with Crippen molar-refractivity contribution in [3.05, 3.63) is 0 Å². The van der Waals surface area contributed by atoms with E-state index in [1.54, 1.807) is 0 Å². The van der Waals surface area contributed by atoms with Crippen LogP contribution in [0, 0.1) is 11.3 Å². The maximum atomic E-state index is 2.44. The van der Waals surface area contributed by atoms with Gasteiger partial charge in [-0.25, -0.2) is 0 Å². The topological polar surface area (TPSA) is 0 Å². The summed E-state index contributed by atoms with van der Waals surface area (Å²) in [5.41, 5.74) is 0.511. The molecule has 0 heterocycles. The monoisotopic (exact) mass is 244 g/mol. The Bertz CT molecular complexity index is 106. The molecule has 1 heteroatoms. The fourth-order valence-electron chi connectivity index (χ4n) is 0.866. The van der Waals surface area contributed by atoms with Gasteiger partial charge in [0, 0.05) is 0 Å². The Hall–Kier alpha value is 0.870. The molecule has 0 aromatic heterocycles. The fraction of sp³-hybridized carbons (Fsp3) is 1.00. The molecule has 0 nitrogen and oxygen atoms in total. The second-order valence-corrected chi connectivity index (χ2v) is 11.1. The SMILES string of the molecule is CC(C)[C](C)([InH2])C(C)(C)C. The van der Waals surface area contributed by atoms with Gasteiger partial charge in [0.2, 0.25) is 0 Å². The average Bonchev–Trinajstić information content (AvgIpc) is 1.62. The first-order valence-corrected chi connectivity index (χ1v) is 7.05. The van der Waals surface area contributed by atoms with Crippen molar-refractivity contribution >= 4 is 24.4 Å². The van der Waals surface area contributed by atoms with Crippen molar-refractivity contribution in [2.45, 2.75) is 44.7 Å². The summed E-state index contributed by atoms with van der Waals surface area (Å²) in [6.07, 6.45) is 0. The van der Waals surface area contributed by atoms with Crippen LogP contribution in [0.25, 0.3) is 0 Å². The summed E-state index contributed by atoms with van der Waals surface area (Å²) < 4.78 is 0.648. The molecule has 0 amide bonds. The van der Waals surface area contributed by atoms with E-state index in [1.165, 1.54) is 0 Å². The Morgan fingerprint density at radius 3 is 1.30 bits per heavy atom. The molecule has 60 valence electrons. The van der Waals surface area contributed by atoms with Crippen molar-refractivity contribution in [1.29, 1.82) is 0 Å². The average molecular weight is 244 g/mol. The molecule has 0 aliphatic heterocycles. The molecule has 0 aromatic rings. The maximum absolute atomic E-state index is 2.44. The van der Waals surface area contributed by atoms with Crippen LogP contribution in [0.2, 0.25) is 3.17 Å². The molecular weight excluding hydrogens is 223 g/mol. The van der Waals surface area contributed by atoms with Gasteiger partial charge in [-0.05, 0) is 0 Å². The zero-order chi connectivity index (χ0) is 8.58. The molecule has 0 rings (SSSR count). The normalized spacial score (nSPS) is 19.1. The van der Waals surface area contributed by atoms with Crippen LogP contribution in [0.4, 0.5) is 0 Å². The van der Waals surface area contributed by atoms with E-state index in [9.17, 15) is 0 Å². The Morgan fingerprint density at radius 2 is 1.30 bits per heavy atom. The first kappa shape index (κ1) is 10.9. The van der Waals surface area contributed by atoms with Gasteiger partial charge in [0.25, 0.3) is 0 Å². The van der Waals surface area contributed by atoms with E-state index in [1.807, 2.05) is 0 Å². The van der Waals surface area contributed by atoms with Crippen molar-refractivity contribution in [3.8, 4) is 0 Å². The molecule has 1 unspecified atom stereocenters. The molecule has 0 aromatic carbocycles. The number of rotatable bonds is 1. The molecular formula is C9H21In. The summed E-state index contributed by atoms with van der Waals surface area (Å²) in [6.45, 7) is 14.2. The summed E-state index contributed by atoms with van der Waals surface area (Å²) >= 11 is 0.752. The third kappa shape index (κ3) is 2.18. The molecule has 0 aliphatic carbocycles. The van der Waals surface area contributed by atoms with Crippen LogP contribution >= 0.6 is 0 Å². The zero-order valence-corrected chi connectivity index (χ0v) is 14.3. The second-order valence-electron chi connectivity index (χ2n) is 5.13. The molecule has 10 heavy (non-hydrogen) atoms. The van der Waals surface area contributed by atoms with Gasteiger partial charge in [-0.2, -0.15) is 0 Å². The third-order valence-corrected chi connectivity index (χ3v) is 11.0. The van der Waals surface area contributed by atoms with E-state index >= 15 is 0 Å². The Kier molecular flexibility index (Phi) is 3.35.